The quantitative estimate of drug-likeness (QED) is 0.724. The molecule has 4 nitrogen and oxygen atoms in total. The minimum atomic E-state index is 0.279. The lowest BCUT2D eigenvalue weighted by atomic mass is 9.94. The zero-order valence-electron chi connectivity index (χ0n) is 11.6. The molecular weight excluding hydrogens is 302 g/mol. The summed E-state index contributed by atoms with van der Waals surface area (Å²) < 4.78 is 8.14. The molecule has 21 heavy (non-hydrogen) atoms. The van der Waals surface area contributed by atoms with E-state index < -0.39 is 0 Å². The van der Waals surface area contributed by atoms with Crippen molar-refractivity contribution < 1.29 is 4.74 Å². The first-order valence-electron chi connectivity index (χ1n) is 6.99. The second-order valence-electron chi connectivity index (χ2n) is 5.23. The van der Waals surface area contributed by atoms with Crippen LogP contribution in [0.15, 0.2) is 23.6 Å². The van der Waals surface area contributed by atoms with E-state index in [0.29, 0.717) is 5.88 Å². The highest BCUT2D eigenvalue weighted by atomic mass is 32.1. The van der Waals surface area contributed by atoms with E-state index in [9.17, 15) is 0 Å². The van der Waals surface area contributed by atoms with Crippen LogP contribution in [0.2, 0.25) is 0 Å². The first-order chi connectivity index (χ1) is 10.3. The standard InChI is InChI=1S/C15H15N3OS2/c1-19-13-6-5-10-14(17-13)18(15(20)16-10)11-3-2-4-12-9(11)7-8-21-12/h5-8,11H,2-4H2,1H3,(H,16,20). The smallest absolute Gasteiger partial charge is 0.215 e. The number of aryl methyl sites for hydroxylation is 1. The molecule has 108 valence electrons. The van der Waals surface area contributed by atoms with Crippen LogP contribution < -0.4 is 4.74 Å². The highest BCUT2D eigenvalue weighted by molar-refractivity contribution is 7.71. The molecule has 0 radical (unpaired) electrons. The van der Waals surface area contributed by atoms with Gasteiger partial charge in [-0.2, -0.15) is 4.98 Å². The fourth-order valence-corrected chi connectivity index (χ4v) is 4.42. The summed E-state index contributed by atoms with van der Waals surface area (Å²) >= 11 is 7.39. The Bertz CT molecular complexity index is 861. The van der Waals surface area contributed by atoms with E-state index in [1.54, 1.807) is 7.11 Å². The number of hydrogen-bond donors (Lipinski definition) is 1. The van der Waals surface area contributed by atoms with Crippen molar-refractivity contribution in [2.24, 2.45) is 0 Å². The normalized spacial score (nSPS) is 17.9. The van der Waals surface area contributed by atoms with Gasteiger partial charge in [-0.3, -0.25) is 4.57 Å². The van der Waals surface area contributed by atoms with Crippen LogP contribution in [-0.4, -0.2) is 21.6 Å². The predicted octanol–water partition coefficient (Wildman–Crippen LogP) is 4.09. The van der Waals surface area contributed by atoms with Crippen molar-refractivity contribution in [2.75, 3.05) is 7.11 Å². The van der Waals surface area contributed by atoms with Crippen molar-refractivity contribution >= 4 is 34.7 Å². The van der Waals surface area contributed by atoms with Gasteiger partial charge in [0.05, 0.1) is 18.7 Å². The number of hydrogen-bond acceptors (Lipinski definition) is 4. The number of nitrogens with one attached hydrogen (secondary N) is 1. The Labute approximate surface area is 131 Å². The SMILES string of the molecule is COc1ccc2[nH]c(=S)n(C3CCCc4sccc43)c2n1. The van der Waals surface area contributed by atoms with Crippen LogP contribution in [-0.2, 0) is 6.42 Å². The molecule has 0 saturated heterocycles. The van der Waals surface area contributed by atoms with Gasteiger partial charge in [-0.05, 0) is 54.6 Å². The molecule has 0 spiro atoms. The van der Waals surface area contributed by atoms with Crippen LogP contribution in [0.25, 0.3) is 11.2 Å². The maximum Gasteiger partial charge on any atom is 0.215 e. The lowest BCUT2D eigenvalue weighted by Crippen LogP contribution is -2.16. The number of imidazole rings is 1. The van der Waals surface area contributed by atoms with Crippen LogP contribution in [0.4, 0.5) is 0 Å². The topological polar surface area (TPSA) is 42.8 Å². The van der Waals surface area contributed by atoms with Gasteiger partial charge in [0, 0.05) is 10.9 Å². The average molecular weight is 317 g/mol. The number of methoxy groups -OCH3 is 1. The van der Waals surface area contributed by atoms with Crippen molar-refractivity contribution in [1.29, 1.82) is 0 Å². The molecule has 0 amide bonds. The highest BCUT2D eigenvalue weighted by Crippen LogP contribution is 2.37. The van der Waals surface area contributed by atoms with Gasteiger partial charge in [0.15, 0.2) is 10.4 Å². The van der Waals surface area contributed by atoms with E-state index in [0.717, 1.165) is 22.4 Å². The minimum Gasteiger partial charge on any atom is -0.481 e. The van der Waals surface area contributed by atoms with Crippen LogP contribution in [0.5, 0.6) is 5.88 Å². The molecule has 0 bridgehead atoms. The Morgan fingerprint density at radius 1 is 1.43 bits per heavy atom. The Hall–Kier alpha value is -1.66. The van der Waals surface area contributed by atoms with Gasteiger partial charge >= 0.3 is 0 Å². The third-order valence-electron chi connectivity index (χ3n) is 4.08. The monoisotopic (exact) mass is 317 g/mol. The van der Waals surface area contributed by atoms with Gasteiger partial charge in [-0.25, -0.2) is 0 Å². The molecule has 3 aromatic heterocycles. The molecule has 1 aliphatic rings. The summed E-state index contributed by atoms with van der Waals surface area (Å²) in [7, 11) is 1.64. The van der Waals surface area contributed by atoms with E-state index in [2.05, 4.69) is 26.0 Å². The number of thiophene rings is 1. The molecule has 3 heterocycles. The Morgan fingerprint density at radius 2 is 2.33 bits per heavy atom. The molecular formula is C15H15N3OS2. The number of fused-ring (bicyclic) bond motifs is 2. The van der Waals surface area contributed by atoms with E-state index in [1.165, 1.54) is 23.3 Å². The van der Waals surface area contributed by atoms with Crippen molar-refractivity contribution in [3.63, 3.8) is 0 Å². The molecule has 1 aliphatic carbocycles. The van der Waals surface area contributed by atoms with Crippen LogP contribution in [0, 0.1) is 4.77 Å². The van der Waals surface area contributed by atoms with Crippen LogP contribution >= 0.6 is 23.6 Å². The van der Waals surface area contributed by atoms with Gasteiger partial charge in [-0.15, -0.1) is 11.3 Å². The number of aromatic amines is 1. The highest BCUT2D eigenvalue weighted by Gasteiger charge is 2.25. The number of aromatic nitrogens is 3. The largest absolute Gasteiger partial charge is 0.481 e. The summed E-state index contributed by atoms with van der Waals surface area (Å²) in [5, 5.41) is 2.18. The summed E-state index contributed by atoms with van der Waals surface area (Å²) in [6, 6.07) is 6.34. The minimum absolute atomic E-state index is 0.279. The number of pyridine rings is 1. The Kier molecular flexibility index (Phi) is 3.08. The van der Waals surface area contributed by atoms with E-state index in [-0.39, 0.29) is 6.04 Å². The van der Waals surface area contributed by atoms with Crippen molar-refractivity contribution in [3.05, 3.63) is 38.8 Å². The molecule has 0 aliphatic heterocycles. The summed E-state index contributed by atoms with van der Waals surface area (Å²) in [6.07, 6.45) is 3.47. The number of ether oxygens (including phenoxy) is 1. The van der Waals surface area contributed by atoms with Gasteiger partial charge in [-0.1, -0.05) is 0 Å². The summed E-state index contributed by atoms with van der Waals surface area (Å²) in [5.41, 5.74) is 3.24. The molecule has 0 aromatic carbocycles. The van der Waals surface area contributed by atoms with Gasteiger partial charge in [0.1, 0.15) is 0 Å². The molecule has 1 unspecified atom stereocenters. The van der Waals surface area contributed by atoms with E-state index in [4.69, 9.17) is 17.0 Å². The Morgan fingerprint density at radius 3 is 3.19 bits per heavy atom. The Balaban J connectivity index is 1.95. The number of rotatable bonds is 2. The van der Waals surface area contributed by atoms with E-state index >= 15 is 0 Å². The second kappa shape index (κ2) is 4.96. The number of H-pyrrole nitrogens is 1. The fraction of sp³-hybridized carbons (Fsp3) is 0.333. The molecule has 0 saturated carbocycles. The molecule has 1 atom stereocenters. The van der Waals surface area contributed by atoms with E-state index in [1.807, 2.05) is 23.5 Å². The molecule has 4 rings (SSSR count). The molecule has 3 aromatic rings. The maximum absolute atomic E-state index is 5.55. The van der Waals surface area contributed by atoms with Gasteiger partial charge in [0.25, 0.3) is 0 Å². The summed E-state index contributed by atoms with van der Waals surface area (Å²) in [4.78, 5) is 9.33. The zero-order valence-corrected chi connectivity index (χ0v) is 13.3. The lowest BCUT2D eigenvalue weighted by Gasteiger charge is -2.24. The third-order valence-corrected chi connectivity index (χ3v) is 5.37. The van der Waals surface area contributed by atoms with Crippen molar-refractivity contribution in [2.45, 2.75) is 25.3 Å². The summed E-state index contributed by atoms with van der Waals surface area (Å²) in [5.74, 6) is 0.617. The van der Waals surface area contributed by atoms with Crippen LogP contribution in [0.1, 0.15) is 29.3 Å². The van der Waals surface area contributed by atoms with Crippen molar-refractivity contribution in [3.8, 4) is 5.88 Å². The maximum atomic E-state index is 5.55. The fourth-order valence-electron chi connectivity index (χ4n) is 3.12. The average Bonchev–Trinajstić information content (AvgIpc) is 3.09. The first kappa shape index (κ1) is 13.0. The molecule has 0 fully saturated rings. The van der Waals surface area contributed by atoms with Gasteiger partial charge < -0.3 is 9.72 Å². The first-order valence-corrected chi connectivity index (χ1v) is 8.28. The summed E-state index contributed by atoms with van der Waals surface area (Å²) in [6.45, 7) is 0. The number of nitrogens with zero attached hydrogens (tertiary/aromatic N) is 2. The third kappa shape index (κ3) is 2.01. The second-order valence-corrected chi connectivity index (χ2v) is 6.62. The van der Waals surface area contributed by atoms with Gasteiger partial charge in [0.2, 0.25) is 5.88 Å². The zero-order chi connectivity index (χ0) is 14.4. The molecule has 1 N–H and O–H groups in total. The lowest BCUT2D eigenvalue weighted by molar-refractivity contribution is 0.398. The van der Waals surface area contributed by atoms with Crippen LogP contribution in [0.3, 0.4) is 0 Å². The van der Waals surface area contributed by atoms with Crippen molar-refractivity contribution in [1.82, 2.24) is 14.5 Å². The molecule has 6 heteroatoms. The predicted molar refractivity (Wildman–Crippen MR) is 86.9 cm³/mol.